The van der Waals surface area contributed by atoms with Crippen molar-refractivity contribution < 1.29 is 0 Å². The van der Waals surface area contributed by atoms with Crippen LogP contribution in [0.3, 0.4) is 0 Å². The fourth-order valence-corrected chi connectivity index (χ4v) is 1.53. The number of nitrogens with one attached hydrogen (secondary N) is 1. The molecule has 5 heteroatoms. The van der Waals surface area contributed by atoms with Crippen LogP contribution in [0.2, 0.25) is 4.34 Å². The van der Waals surface area contributed by atoms with Crippen LogP contribution < -0.4 is 10.6 Å². The topological polar surface area (TPSA) is 38.3 Å². The van der Waals surface area contributed by atoms with E-state index < -0.39 is 0 Å². The number of nitrogens with zero attached hydrogens (tertiary/aromatic N) is 1. The molecule has 0 atom stereocenters. The largest absolute Gasteiger partial charge is 0.743 e. The second-order valence-corrected chi connectivity index (χ2v) is 3.60. The first-order chi connectivity index (χ1) is 5.74. The van der Waals surface area contributed by atoms with Gasteiger partial charge < -0.3 is 10.4 Å². The molecule has 0 saturated heterocycles. The Hall–Kier alpha value is -0.730. The number of terminal acetylenes is 1. The minimum atomic E-state index is 0.207. The van der Waals surface area contributed by atoms with Gasteiger partial charge in [0.1, 0.15) is 0 Å². The number of thiophene rings is 1. The average Bonchev–Trinajstić information content (AvgIpc) is 2.47. The molecule has 0 amide bonds. The Balaban J connectivity index is 2.54. The van der Waals surface area contributed by atoms with E-state index in [1.54, 1.807) is 12.1 Å². The Labute approximate surface area is 79.5 Å². The van der Waals surface area contributed by atoms with Crippen LogP contribution in [0.5, 0.6) is 0 Å². The molecule has 1 rings (SSSR count). The van der Waals surface area contributed by atoms with E-state index >= 15 is 0 Å². The Bertz CT molecular complexity index is 294. The van der Waals surface area contributed by atoms with Gasteiger partial charge in [0, 0.05) is 0 Å². The van der Waals surface area contributed by atoms with Crippen LogP contribution in [0, 0.1) is 17.6 Å². The number of rotatable bonds is 3. The average molecular weight is 202 g/mol. The smallest absolute Gasteiger partial charge is 0.0963 e. The maximum absolute atomic E-state index is 11.1. The van der Waals surface area contributed by atoms with Gasteiger partial charge in [-0.05, 0) is 12.1 Å². The minimum absolute atomic E-state index is 0.207. The van der Waals surface area contributed by atoms with Crippen molar-refractivity contribution in [2.75, 3.05) is 11.7 Å². The van der Waals surface area contributed by atoms with Crippen LogP contribution in [0.15, 0.2) is 12.1 Å². The number of hydrogen-bond acceptors (Lipinski definition) is 4. The van der Waals surface area contributed by atoms with Gasteiger partial charge in [0.2, 0.25) is 0 Å². The maximum Gasteiger partial charge on any atom is 0.0963 e. The van der Waals surface area contributed by atoms with E-state index in [9.17, 15) is 5.21 Å². The third kappa shape index (κ3) is 2.40. The molecule has 1 heterocycles. The lowest BCUT2D eigenvalue weighted by molar-refractivity contribution is 0.789. The summed E-state index contributed by atoms with van der Waals surface area (Å²) in [5.74, 6) is 2.29. The molecule has 0 bridgehead atoms. The molecule has 3 nitrogen and oxygen atoms in total. The highest BCUT2D eigenvalue weighted by atomic mass is 35.5. The lowest BCUT2D eigenvalue weighted by atomic mass is 10.6. The van der Waals surface area contributed by atoms with Gasteiger partial charge in [-0.3, -0.25) is 0 Å². The normalized spacial score (nSPS) is 9.42. The molecule has 0 aromatic carbocycles. The summed E-state index contributed by atoms with van der Waals surface area (Å²) in [6.07, 6.45) is 4.96. The van der Waals surface area contributed by atoms with Crippen LogP contribution >= 0.6 is 22.9 Å². The highest BCUT2D eigenvalue weighted by molar-refractivity contribution is 7.19. The summed E-state index contributed by atoms with van der Waals surface area (Å²) in [6.45, 7) is 0.207. The predicted octanol–water partition coefficient (Wildman–Crippen LogP) is 1.84. The van der Waals surface area contributed by atoms with Gasteiger partial charge in [0.25, 0.3) is 0 Å². The van der Waals surface area contributed by atoms with E-state index in [0.29, 0.717) is 14.5 Å². The van der Waals surface area contributed by atoms with Gasteiger partial charge in [-0.15, -0.1) is 17.8 Å². The third-order valence-electron chi connectivity index (χ3n) is 1.08. The standard InChI is InChI=1S/C7H6ClN2OS/c1-2-5-9-10(11)7-4-3-6(8)12-7/h1,3-4,9H,5H2/q-1. The molecular formula is C7H6ClN2OS-. The molecule has 0 aliphatic rings. The van der Waals surface area contributed by atoms with E-state index in [1.807, 2.05) is 0 Å². The lowest BCUT2D eigenvalue weighted by Crippen LogP contribution is -2.32. The zero-order chi connectivity index (χ0) is 8.97. The molecular weight excluding hydrogens is 196 g/mol. The summed E-state index contributed by atoms with van der Waals surface area (Å²) >= 11 is 6.82. The summed E-state index contributed by atoms with van der Waals surface area (Å²) in [4.78, 5) is 0. The maximum atomic E-state index is 11.1. The number of anilines is 1. The van der Waals surface area contributed by atoms with Gasteiger partial charge in [-0.25, -0.2) is 5.43 Å². The third-order valence-corrected chi connectivity index (χ3v) is 2.28. The van der Waals surface area contributed by atoms with E-state index in [-0.39, 0.29) is 6.54 Å². The van der Waals surface area contributed by atoms with Gasteiger partial charge in [0.05, 0.1) is 15.9 Å². The zero-order valence-electron chi connectivity index (χ0n) is 6.08. The fourth-order valence-electron chi connectivity index (χ4n) is 0.609. The first kappa shape index (κ1) is 9.36. The van der Waals surface area contributed by atoms with Crippen molar-refractivity contribution >= 4 is 27.9 Å². The summed E-state index contributed by atoms with van der Waals surface area (Å²) in [5, 5.41) is 12.2. The van der Waals surface area contributed by atoms with Gasteiger partial charge >= 0.3 is 0 Å². The minimum Gasteiger partial charge on any atom is -0.743 e. The van der Waals surface area contributed by atoms with E-state index in [1.165, 1.54) is 11.3 Å². The van der Waals surface area contributed by atoms with Gasteiger partial charge in [-0.1, -0.05) is 17.5 Å². The molecule has 0 aliphatic heterocycles. The molecule has 0 radical (unpaired) electrons. The Morgan fingerprint density at radius 1 is 1.75 bits per heavy atom. The van der Waals surface area contributed by atoms with Crippen LogP contribution in [-0.4, -0.2) is 6.54 Å². The number of halogens is 1. The van der Waals surface area contributed by atoms with Gasteiger partial charge in [-0.2, -0.15) is 0 Å². The summed E-state index contributed by atoms with van der Waals surface area (Å²) in [7, 11) is 0. The highest BCUT2D eigenvalue weighted by Gasteiger charge is 1.97. The first-order valence-corrected chi connectivity index (χ1v) is 4.33. The summed E-state index contributed by atoms with van der Waals surface area (Å²) in [6, 6.07) is 3.29. The monoisotopic (exact) mass is 201 g/mol. The van der Waals surface area contributed by atoms with Crippen molar-refractivity contribution in [2.24, 2.45) is 0 Å². The molecule has 0 fully saturated rings. The van der Waals surface area contributed by atoms with Crippen LogP contribution in [0.25, 0.3) is 0 Å². The second-order valence-electron chi connectivity index (χ2n) is 1.91. The highest BCUT2D eigenvalue weighted by Crippen LogP contribution is 2.27. The second kappa shape index (κ2) is 4.33. The SMILES string of the molecule is C#CCNN([O-])c1ccc(Cl)s1. The van der Waals surface area contributed by atoms with Gasteiger partial charge in [0.15, 0.2) is 0 Å². The van der Waals surface area contributed by atoms with Crippen molar-refractivity contribution in [1.29, 1.82) is 0 Å². The number of hydrogen-bond donors (Lipinski definition) is 1. The van der Waals surface area contributed by atoms with Crippen LogP contribution in [-0.2, 0) is 0 Å². The van der Waals surface area contributed by atoms with E-state index in [2.05, 4.69) is 11.3 Å². The predicted molar refractivity (Wildman–Crippen MR) is 52.0 cm³/mol. The lowest BCUT2D eigenvalue weighted by Gasteiger charge is -2.27. The van der Waals surface area contributed by atoms with Crippen molar-refractivity contribution in [2.45, 2.75) is 0 Å². The zero-order valence-corrected chi connectivity index (χ0v) is 7.65. The van der Waals surface area contributed by atoms with Crippen LogP contribution in [0.1, 0.15) is 0 Å². The Kier molecular flexibility index (Phi) is 3.38. The van der Waals surface area contributed by atoms with Crippen molar-refractivity contribution in [3.63, 3.8) is 0 Å². The van der Waals surface area contributed by atoms with Crippen molar-refractivity contribution in [3.8, 4) is 12.3 Å². The van der Waals surface area contributed by atoms with E-state index in [4.69, 9.17) is 18.0 Å². The van der Waals surface area contributed by atoms with Crippen molar-refractivity contribution in [1.82, 2.24) is 5.43 Å². The molecule has 1 N–H and O–H groups in total. The van der Waals surface area contributed by atoms with Crippen molar-refractivity contribution in [3.05, 3.63) is 21.7 Å². The molecule has 12 heavy (non-hydrogen) atoms. The van der Waals surface area contributed by atoms with E-state index in [0.717, 1.165) is 0 Å². The Morgan fingerprint density at radius 3 is 3.00 bits per heavy atom. The molecule has 1 aromatic heterocycles. The fraction of sp³-hybridized carbons (Fsp3) is 0.143. The Morgan fingerprint density at radius 2 is 2.50 bits per heavy atom. The quantitative estimate of drug-likeness (QED) is 0.599. The molecule has 0 unspecified atom stereocenters. The summed E-state index contributed by atoms with van der Waals surface area (Å²) in [5.41, 5.74) is 2.46. The molecule has 64 valence electrons. The first-order valence-electron chi connectivity index (χ1n) is 3.13. The molecule has 0 saturated carbocycles. The van der Waals surface area contributed by atoms with Crippen LogP contribution in [0.4, 0.5) is 5.00 Å². The molecule has 1 aromatic rings. The summed E-state index contributed by atoms with van der Waals surface area (Å²) < 4.78 is 0.577. The molecule has 0 aliphatic carbocycles. The molecule has 0 spiro atoms. The number of hydrazine groups is 1.